The maximum absolute atomic E-state index is 5.26. The van der Waals surface area contributed by atoms with Crippen LogP contribution in [0, 0.1) is 5.92 Å². The molecule has 0 aliphatic heterocycles. The SMILES string of the molecule is CC(C)CNC(=S)N(C)c1cccnc1. The molecular formula is C11H17N3S. The average molecular weight is 223 g/mol. The molecule has 0 aliphatic carbocycles. The molecule has 82 valence electrons. The summed E-state index contributed by atoms with van der Waals surface area (Å²) in [5.41, 5.74) is 0.999. The third kappa shape index (κ3) is 3.83. The van der Waals surface area contributed by atoms with E-state index < -0.39 is 0 Å². The van der Waals surface area contributed by atoms with E-state index in [2.05, 4.69) is 24.1 Å². The number of pyridine rings is 1. The van der Waals surface area contributed by atoms with E-state index in [4.69, 9.17) is 12.2 Å². The van der Waals surface area contributed by atoms with Crippen LogP contribution in [0.2, 0.25) is 0 Å². The van der Waals surface area contributed by atoms with Gasteiger partial charge in [-0.2, -0.15) is 0 Å². The molecular weight excluding hydrogens is 206 g/mol. The monoisotopic (exact) mass is 223 g/mol. The number of nitrogens with one attached hydrogen (secondary N) is 1. The zero-order chi connectivity index (χ0) is 11.3. The summed E-state index contributed by atoms with van der Waals surface area (Å²) < 4.78 is 0. The highest BCUT2D eigenvalue weighted by atomic mass is 32.1. The van der Waals surface area contributed by atoms with Gasteiger partial charge in [0.1, 0.15) is 0 Å². The van der Waals surface area contributed by atoms with Crippen LogP contribution in [0.15, 0.2) is 24.5 Å². The van der Waals surface area contributed by atoms with E-state index in [1.165, 1.54) is 0 Å². The molecule has 0 radical (unpaired) electrons. The van der Waals surface area contributed by atoms with E-state index in [0.717, 1.165) is 17.3 Å². The Morgan fingerprint density at radius 1 is 1.60 bits per heavy atom. The maximum Gasteiger partial charge on any atom is 0.173 e. The second kappa shape index (κ2) is 5.66. The number of nitrogens with zero attached hydrogens (tertiary/aromatic N) is 2. The molecule has 1 aromatic rings. The third-order valence-electron chi connectivity index (χ3n) is 2.00. The van der Waals surface area contributed by atoms with E-state index in [1.807, 2.05) is 24.1 Å². The van der Waals surface area contributed by atoms with Gasteiger partial charge in [0.25, 0.3) is 0 Å². The van der Waals surface area contributed by atoms with Gasteiger partial charge in [0, 0.05) is 19.8 Å². The number of hydrogen-bond donors (Lipinski definition) is 1. The molecule has 4 heteroatoms. The largest absolute Gasteiger partial charge is 0.362 e. The van der Waals surface area contributed by atoms with E-state index in [1.54, 1.807) is 12.4 Å². The van der Waals surface area contributed by atoms with Gasteiger partial charge in [0.05, 0.1) is 11.9 Å². The fourth-order valence-corrected chi connectivity index (χ4v) is 1.27. The predicted octanol–water partition coefficient (Wildman–Crippen LogP) is 2.05. The van der Waals surface area contributed by atoms with Crippen LogP contribution < -0.4 is 10.2 Å². The van der Waals surface area contributed by atoms with Crippen LogP contribution in [0.4, 0.5) is 5.69 Å². The minimum Gasteiger partial charge on any atom is -0.362 e. The highest BCUT2D eigenvalue weighted by Crippen LogP contribution is 2.09. The Hall–Kier alpha value is -1.16. The Labute approximate surface area is 96.5 Å². The Morgan fingerprint density at radius 2 is 2.33 bits per heavy atom. The Morgan fingerprint density at radius 3 is 2.87 bits per heavy atom. The average Bonchev–Trinajstić information content (AvgIpc) is 2.26. The van der Waals surface area contributed by atoms with Gasteiger partial charge >= 0.3 is 0 Å². The summed E-state index contributed by atoms with van der Waals surface area (Å²) >= 11 is 5.26. The highest BCUT2D eigenvalue weighted by molar-refractivity contribution is 7.80. The molecule has 0 amide bonds. The van der Waals surface area contributed by atoms with Gasteiger partial charge in [0.2, 0.25) is 0 Å². The Kier molecular flexibility index (Phi) is 4.49. The van der Waals surface area contributed by atoms with Crippen LogP contribution in [0.5, 0.6) is 0 Å². The topological polar surface area (TPSA) is 28.2 Å². The lowest BCUT2D eigenvalue weighted by Crippen LogP contribution is -2.38. The van der Waals surface area contributed by atoms with E-state index in [0.29, 0.717) is 5.92 Å². The van der Waals surface area contributed by atoms with Crippen molar-refractivity contribution >= 4 is 23.0 Å². The molecule has 15 heavy (non-hydrogen) atoms. The van der Waals surface area contributed by atoms with Gasteiger partial charge in [-0.25, -0.2) is 0 Å². The summed E-state index contributed by atoms with van der Waals surface area (Å²) in [5.74, 6) is 0.588. The van der Waals surface area contributed by atoms with Gasteiger partial charge in [-0.1, -0.05) is 13.8 Å². The van der Waals surface area contributed by atoms with Crippen LogP contribution in [0.3, 0.4) is 0 Å². The molecule has 0 aliphatic rings. The van der Waals surface area contributed by atoms with Crippen molar-refractivity contribution < 1.29 is 0 Å². The fraction of sp³-hybridized carbons (Fsp3) is 0.455. The first kappa shape index (κ1) is 11.9. The molecule has 0 bridgehead atoms. The van der Waals surface area contributed by atoms with Gasteiger partial charge in [-0.3, -0.25) is 4.98 Å². The third-order valence-corrected chi connectivity index (χ3v) is 2.42. The van der Waals surface area contributed by atoms with E-state index in [9.17, 15) is 0 Å². The minimum absolute atomic E-state index is 0.588. The molecule has 0 saturated heterocycles. The molecule has 0 fully saturated rings. The number of thiocarbonyl (C=S) groups is 1. The summed E-state index contributed by atoms with van der Waals surface area (Å²) in [4.78, 5) is 5.98. The van der Waals surface area contributed by atoms with Gasteiger partial charge in [0.15, 0.2) is 5.11 Å². The lowest BCUT2D eigenvalue weighted by Gasteiger charge is -2.21. The van der Waals surface area contributed by atoms with Crippen LogP contribution in [0.1, 0.15) is 13.8 Å². The van der Waals surface area contributed by atoms with Crippen molar-refractivity contribution in [1.29, 1.82) is 0 Å². The maximum atomic E-state index is 5.26. The lowest BCUT2D eigenvalue weighted by atomic mass is 10.2. The van der Waals surface area contributed by atoms with Crippen molar-refractivity contribution in [2.24, 2.45) is 5.92 Å². The summed E-state index contributed by atoms with van der Waals surface area (Å²) in [6.45, 7) is 5.20. The molecule has 1 rings (SSSR count). The second-order valence-electron chi connectivity index (χ2n) is 3.85. The van der Waals surface area contributed by atoms with Crippen molar-refractivity contribution in [1.82, 2.24) is 10.3 Å². The fourth-order valence-electron chi connectivity index (χ4n) is 1.08. The molecule has 3 nitrogen and oxygen atoms in total. The molecule has 0 unspecified atom stereocenters. The van der Waals surface area contributed by atoms with Crippen LogP contribution in [-0.4, -0.2) is 23.7 Å². The first-order chi connectivity index (χ1) is 7.11. The molecule has 0 spiro atoms. The first-order valence-electron chi connectivity index (χ1n) is 5.03. The predicted molar refractivity (Wildman–Crippen MR) is 68.1 cm³/mol. The highest BCUT2D eigenvalue weighted by Gasteiger charge is 2.06. The minimum atomic E-state index is 0.588. The van der Waals surface area contributed by atoms with E-state index in [-0.39, 0.29) is 0 Å². The van der Waals surface area contributed by atoms with Gasteiger partial charge < -0.3 is 10.2 Å². The van der Waals surface area contributed by atoms with Crippen LogP contribution in [-0.2, 0) is 0 Å². The molecule has 1 heterocycles. The van der Waals surface area contributed by atoms with Crippen molar-refractivity contribution in [2.45, 2.75) is 13.8 Å². The summed E-state index contributed by atoms with van der Waals surface area (Å²) in [6, 6.07) is 3.88. The molecule has 0 atom stereocenters. The van der Waals surface area contributed by atoms with Crippen molar-refractivity contribution in [3.05, 3.63) is 24.5 Å². The van der Waals surface area contributed by atoms with E-state index >= 15 is 0 Å². The molecule has 0 saturated carbocycles. The standard InChI is InChI=1S/C11H17N3S/c1-9(2)7-13-11(15)14(3)10-5-4-6-12-8-10/h4-6,8-9H,7H2,1-3H3,(H,13,15). The quantitative estimate of drug-likeness (QED) is 0.794. The van der Waals surface area contributed by atoms with Crippen molar-refractivity contribution in [3.8, 4) is 0 Å². The zero-order valence-corrected chi connectivity index (χ0v) is 10.2. The molecule has 0 aromatic carbocycles. The van der Waals surface area contributed by atoms with Gasteiger partial charge in [-0.15, -0.1) is 0 Å². The summed E-state index contributed by atoms with van der Waals surface area (Å²) in [5, 5.41) is 3.94. The van der Waals surface area contributed by atoms with Crippen LogP contribution >= 0.6 is 12.2 Å². The zero-order valence-electron chi connectivity index (χ0n) is 9.40. The molecule has 1 aromatic heterocycles. The van der Waals surface area contributed by atoms with Crippen molar-refractivity contribution in [3.63, 3.8) is 0 Å². The number of anilines is 1. The second-order valence-corrected chi connectivity index (χ2v) is 4.24. The Balaban J connectivity index is 2.54. The number of rotatable bonds is 3. The smallest absolute Gasteiger partial charge is 0.173 e. The normalized spacial score (nSPS) is 10.1. The lowest BCUT2D eigenvalue weighted by molar-refractivity contribution is 0.625. The van der Waals surface area contributed by atoms with Gasteiger partial charge in [-0.05, 0) is 30.3 Å². The van der Waals surface area contributed by atoms with Crippen molar-refractivity contribution in [2.75, 3.05) is 18.5 Å². The Bertz CT molecular complexity index is 311. The number of aromatic nitrogens is 1. The number of hydrogen-bond acceptors (Lipinski definition) is 2. The molecule has 1 N–H and O–H groups in total. The summed E-state index contributed by atoms with van der Waals surface area (Å²) in [7, 11) is 1.94. The first-order valence-corrected chi connectivity index (χ1v) is 5.43. The van der Waals surface area contributed by atoms with Crippen LogP contribution in [0.25, 0.3) is 0 Å². The summed E-state index contributed by atoms with van der Waals surface area (Å²) in [6.07, 6.45) is 3.55.